The molecule has 0 aromatic heterocycles. The summed E-state index contributed by atoms with van der Waals surface area (Å²) in [5.41, 5.74) is 1.99. The summed E-state index contributed by atoms with van der Waals surface area (Å²) in [6.45, 7) is 4.14. The molecule has 2 N–H and O–H groups in total. The number of phenols is 1. The fourth-order valence-corrected chi connectivity index (χ4v) is 2.14. The molecule has 0 aliphatic rings. The van der Waals surface area contributed by atoms with Gasteiger partial charge >= 0.3 is 0 Å². The zero-order chi connectivity index (χ0) is 15.8. The van der Waals surface area contributed by atoms with Gasteiger partial charge in [0.15, 0.2) is 11.5 Å². The monoisotopic (exact) mass is 301 g/mol. The third-order valence-corrected chi connectivity index (χ3v) is 3.34. The van der Waals surface area contributed by atoms with Gasteiger partial charge in [0.25, 0.3) is 0 Å². The minimum atomic E-state index is 0.195. The van der Waals surface area contributed by atoms with Crippen LogP contribution in [0, 0.1) is 0 Å². The first-order valence-corrected chi connectivity index (χ1v) is 7.52. The summed E-state index contributed by atoms with van der Waals surface area (Å²) in [4.78, 5) is 0. The van der Waals surface area contributed by atoms with Crippen LogP contribution in [-0.2, 0) is 13.1 Å². The predicted octanol–water partition coefficient (Wildman–Crippen LogP) is 3.48. The van der Waals surface area contributed by atoms with Gasteiger partial charge in [0.2, 0.25) is 0 Å². The van der Waals surface area contributed by atoms with E-state index >= 15 is 0 Å². The summed E-state index contributed by atoms with van der Waals surface area (Å²) in [6, 6.07) is 13.5. The van der Waals surface area contributed by atoms with Crippen molar-refractivity contribution in [3.8, 4) is 17.2 Å². The third kappa shape index (κ3) is 4.40. The van der Waals surface area contributed by atoms with Gasteiger partial charge in [-0.1, -0.05) is 31.2 Å². The maximum atomic E-state index is 10.0. The van der Waals surface area contributed by atoms with Gasteiger partial charge in [0.1, 0.15) is 5.75 Å². The van der Waals surface area contributed by atoms with Crippen molar-refractivity contribution < 1.29 is 14.6 Å². The van der Waals surface area contributed by atoms with Gasteiger partial charge < -0.3 is 19.9 Å². The molecule has 2 rings (SSSR count). The van der Waals surface area contributed by atoms with E-state index in [1.807, 2.05) is 36.4 Å². The van der Waals surface area contributed by atoms with E-state index in [2.05, 4.69) is 12.2 Å². The lowest BCUT2D eigenvalue weighted by molar-refractivity contribution is 0.317. The van der Waals surface area contributed by atoms with Crippen LogP contribution in [0.2, 0.25) is 0 Å². The quantitative estimate of drug-likeness (QED) is 0.784. The molecule has 0 aliphatic heterocycles. The zero-order valence-electron chi connectivity index (χ0n) is 13.1. The van der Waals surface area contributed by atoms with Gasteiger partial charge in [-0.05, 0) is 30.2 Å². The number of nitrogens with one attached hydrogen (secondary N) is 1. The van der Waals surface area contributed by atoms with E-state index in [-0.39, 0.29) is 5.75 Å². The van der Waals surface area contributed by atoms with E-state index in [1.54, 1.807) is 13.2 Å². The molecule has 0 radical (unpaired) electrons. The predicted molar refractivity (Wildman–Crippen MR) is 87.4 cm³/mol. The smallest absolute Gasteiger partial charge is 0.162 e. The van der Waals surface area contributed by atoms with E-state index in [1.165, 1.54) is 5.56 Å². The van der Waals surface area contributed by atoms with Crippen molar-refractivity contribution in [1.82, 2.24) is 5.32 Å². The fourth-order valence-electron chi connectivity index (χ4n) is 2.14. The Bertz CT molecular complexity index is 581. The molecule has 0 spiro atoms. The average molecular weight is 301 g/mol. The third-order valence-electron chi connectivity index (χ3n) is 3.34. The molecule has 4 heteroatoms. The van der Waals surface area contributed by atoms with Crippen molar-refractivity contribution in [3.05, 3.63) is 53.6 Å². The lowest BCUT2D eigenvalue weighted by Gasteiger charge is -2.10. The molecule has 0 heterocycles. The van der Waals surface area contributed by atoms with Crippen LogP contribution in [0.3, 0.4) is 0 Å². The highest BCUT2D eigenvalue weighted by molar-refractivity contribution is 5.45. The Hall–Kier alpha value is -2.20. The molecule has 2 aromatic rings. The standard InChI is InChI=1S/C18H23NO3/c1-3-11-22-16-9-7-14(8-10-16)12-19-13-15-5-4-6-17(21-2)18(15)20/h4-10,19-20H,3,11-13H2,1-2H3. The van der Waals surface area contributed by atoms with Crippen molar-refractivity contribution in [3.63, 3.8) is 0 Å². The molecule has 0 amide bonds. The summed E-state index contributed by atoms with van der Waals surface area (Å²) >= 11 is 0. The highest BCUT2D eigenvalue weighted by atomic mass is 16.5. The van der Waals surface area contributed by atoms with Crippen LogP contribution < -0.4 is 14.8 Å². The Morgan fingerprint density at radius 1 is 1.05 bits per heavy atom. The second-order valence-corrected chi connectivity index (χ2v) is 5.06. The molecular formula is C18H23NO3. The number of ether oxygens (including phenoxy) is 2. The Morgan fingerprint density at radius 2 is 1.82 bits per heavy atom. The second kappa shape index (κ2) is 8.29. The topological polar surface area (TPSA) is 50.7 Å². The molecule has 4 nitrogen and oxygen atoms in total. The Balaban J connectivity index is 1.86. The van der Waals surface area contributed by atoms with Gasteiger partial charge in [-0.2, -0.15) is 0 Å². The molecule has 2 aromatic carbocycles. The van der Waals surface area contributed by atoms with Crippen molar-refractivity contribution >= 4 is 0 Å². The molecule has 0 saturated carbocycles. The first kappa shape index (κ1) is 16.2. The van der Waals surface area contributed by atoms with E-state index in [4.69, 9.17) is 9.47 Å². The van der Waals surface area contributed by atoms with Crippen LogP contribution >= 0.6 is 0 Å². The lowest BCUT2D eigenvalue weighted by atomic mass is 10.1. The van der Waals surface area contributed by atoms with E-state index < -0.39 is 0 Å². The molecule has 0 aliphatic carbocycles. The summed E-state index contributed by atoms with van der Waals surface area (Å²) in [5.74, 6) is 1.59. The van der Waals surface area contributed by atoms with Crippen LogP contribution in [-0.4, -0.2) is 18.8 Å². The lowest BCUT2D eigenvalue weighted by Crippen LogP contribution is -2.12. The molecule has 22 heavy (non-hydrogen) atoms. The number of phenolic OH excluding ortho intramolecular Hbond substituents is 1. The number of hydrogen-bond donors (Lipinski definition) is 2. The molecule has 0 unspecified atom stereocenters. The van der Waals surface area contributed by atoms with Crippen LogP contribution in [0.1, 0.15) is 24.5 Å². The van der Waals surface area contributed by atoms with Crippen LogP contribution in [0.15, 0.2) is 42.5 Å². The first-order valence-electron chi connectivity index (χ1n) is 7.52. The van der Waals surface area contributed by atoms with Crippen LogP contribution in [0.5, 0.6) is 17.2 Å². The molecule has 0 fully saturated rings. The fraction of sp³-hybridized carbons (Fsp3) is 0.333. The van der Waals surface area contributed by atoms with Gasteiger partial charge in [-0.3, -0.25) is 0 Å². The zero-order valence-corrected chi connectivity index (χ0v) is 13.1. The van der Waals surface area contributed by atoms with Crippen molar-refractivity contribution in [1.29, 1.82) is 0 Å². The second-order valence-electron chi connectivity index (χ2n) is 5.06. The number of para-hydroxylation sites is 1. The van der Waals surface area contributed by atoms with Gasteiger partial charge in [-0.25, -0.2) is 0 Å². The van der Waals surface area contributed by atoms with Crippen molar-refractivity contribution in [2.45, 2.75) is 26.4 Å². The number of methoxy groups -OCH3 is 1. The Morgan fingerprint density at radius 3 is 2.50 bits per heavy atom. The van der Waals surface area contributed by atoms with E-state index in [9.17, 15) is 5.11 Å². The Kier molecular flexibility index (Phi) is 6.10. The summed E-state index contributed by atoms with van der Waals surface area (Å²) in [7, 11) is 1.55. The summed E-state index contributed by atoms with van der Waals surface area (Å²) in [6.07, 6.45) is 1.01. The first-order chi connectivity index (χ1) is 10.7. The van der Waals surface area contributed by atoms with Gasteiger partial charge in [0, 0.05) is 18.7 Å². The van der Waals surface area contributed by atoms with Crippen molar-refractivity contribution in [2.75, 3.05) is 13.7 Å². The largest absolute Gasteiger partial charge is 0.504 e. The normalized spacial score (nSPS) is 10.5. The number of rotatable bonds is 8. The molecule has 0 bridgehead atoms. The van der Waals surface area contributed by atoms with E-state index in [0.29, 0.717) is 12.3 Å². The molecular weight excluding hydrogens is 278 g/mol. The maximum Gasteiger partial charge on any atom is 0.162 e. The highest BCUT2D eigenvalue weighted by Crippen LogP contribution is 2.29. The van der Waals surface area contributed by atoms with Crippen molar-refractivity contribution in [2.24, 2.45) is 0 Å². The maximum absolute atomic E-state index is 10.0. The highest BCUT2D eigenvalue weighted by Gasteiger charge is 2.06. The van der Waals surface area contributed by atoms with Crippen LogP contribution in [0.4, 0.5) is 0 Å². The summed E-state index contributed by atoms with van der Waals surface area (Å²) < 4.78 is 10.7. The molecule has 0 atom stereocenters. The average Bonchev–Trinajstić information content (AvgIpc) is 2.55. The van der Waals surface area contributed by atoms with Crippen LogP contribution in [0.25, 0.3) is 0 Å². The summed E-state index contributed by atoms with van der Waals surface area (Å²) in [5, 5.41) is 13.3. The number of hydrogen-bond acceptors (Lipinski definition) is 4. The Labute approximate surface area is 131 Å². The molecule has 118 valence electrons. The molecule has 0 saturated heterocycles. The minimum absolute atomic E-state index is 0.195. The SMILES string of the molecule is CCCOc1ccc(CNCc2cccc(OC)c2O)cc1. The van der Waals surface area contributed by atoms with E-state index in [0.717, 1.165) is 30.9 Å². The van der Waals surface area contributed by atoms with Gasteiger partial charge in [-0.15, -0.1) is 0 Å². The van der Waals surface area contributed by atoms with Gasteiger partial charge in [0.05, 0.1) is 13.7 Å². The number of aromatic hydroxyl groups is 1. The minimum Gasteiger partial charge on any atom is -0.504 e. The number of benzene rings is 2.